The summed E-state index contributed by atoms with van der Waals surface area (Å²) in [4.78, 5) is 17.9. The first-order valence-corrected chi connectivity index (χ1v) is 7.04. The highest BCUT2D eigenvalue weighted by molar-refractivity contribution is 5.91. The summed E-state index contributed by atoms with van der Waals surface area (Å²) >= 11 is 0. The molecule has 0 saturated carbocycles. The zero-order valence-corrected chi connectivity index (χ0v) is 11.7. The molecule has 3 N–H and O–H groups in total. The highest BCUT2D eigenvalue weighted by atomic mass is 16.1. The minimum Gasteiger partial charge on any atom is -0.352 e. The number of nitrogens with zero attached hydrogens (tertiary/aromatic N) is 2. The zero-order valence-electron chi connectivity index (χ0n) is 11.7. The van der Waals surface area contributed by atoms with Gasteiger partial charge in [-0.1, -0.05) is 24.3 Å². The van der Waals surface area contributed by atoms with E-state index < -0.39 is 0 Å². The lowest BCUT2D eigenvalue weighted by Gasteiger charge is -2.29. The maximum atomic E-state index is 11.2. The Labute approximate surface area is 123 Å². The van der Waals surface area contributed by atoms with E-state index in [1.165, 1.54) is 11.1 Å². The summed E-state index contributed by atoms with van der Waals surface area (Å²) < 4.78 is 0. The molecule has 1 aliphatic rings. The lowest BCUT2D eigenvalue weighted by atomic mass is 10.00. The molecule has 0 atom stereocenters. The molecule has 5 heteroatoms. The van der Waals surface area contributed by atoms with Crippen molar-refractivity contribution >= 4 is 17.4 Å². The number of carbonyl (C=O) groups excluding carboxylic acids is 1. The van der Waals surface area contributed by atoms with E-state index in [0.29, 0.717) is 5.69 Å². The molecule has 0 unspecified atom stereocenters. The van der Waals surface area contributed by atoms with Gasteiger partial charge in [-0.2, -0.15) is 0 Å². The number of pyridine rings is 1. The highest BCUT2D eigenvalue weighted by Crippen LogP contribution is 2.23. The third-order valence-electron chi connectivity index (χ3n) is 3.67. The van der Waals surface area contributed by atoms with Crippen LogP contribution in [0.5, 0.6) is 0 Å². The number of hydrogen-bond acceptors (Lipinski definition) is 4. The highest BCUT2D eigenvalue weighted by Gasteiger charge is 2.16. The van der Waals surface area contributed by atoms with E-state index in [-0.39, 0.29) is 12.5 Å². The summed E-state index contributed by atoms with van der Waals surface area (Å²) in [5, 5.41) is 2.69. The molecule has 1 amide bonds. The summed E-state index contributed by atoms with van der Waals surface area (Å²) in [5.74, 6) is 0.715. The fraction of sp³-hybridized carbons (Fsp3) is 0.250. The van der Waals surface area contributed by atoms with Crippen LogP contribution < -0.4 is 16.0 Å². The van der Waals surface area contributed by atoms with Crippen molar-refractivity contribution in [1.82, 2.24) is 4.98 Å². The van der Waals surface area contributed by atoms with Crippen molar-refractivity contribution in [2.45, 2.75) is 13.0 Å². The van der Waals surface area contributed by atoms with Crippen LogP contribution in [0.2, 0.25) is 0 Å². The number of nitrogens with two attached hydrogens (primary N) is 1. The zero-order chi connectivity index (χ0) is 14.7. The van der Waals surface area contributed by atoms with E-state index >= 15 is 0 Å². The fourth-order valence-corrected chi connectivity index (χ4v) is 2.55. The van der Waals surface area contributed by atoms with Gasteiger partial charge in [-0.05, 0) is 29.7 Å². The molecule has 1 aromatic heterocycles. The fourth-order valence-electron chi connectivity index (χ4n) is 2.55. The molecule has 0 spiro atoms. The molecule has 0 fully saturated rings. The molecular weight excluding hydrogens is 264 g/mol. The van der Waals surface area contributed by atoms with E-state index in [2.05, 4.69) is 39.5 Å². The Morgan fingerprint density at radius 3 is 2.76 bits per heavy atom. The number of rotatable bonds is 3. The van der Waals surface area contributed by atoms with Gasteiger partial charge in [0.1, 0.15) is 5.82 Å². The SMILES string of the molecule is NCC(=O)Nc1ccc(N2CCc3ccccc3C2)nc1. The molecule has 0 bridgehead atoms. The van der Waals surface area contributed by atoms with Gasteiger partial charge in [0.15, 0.2) is 0 Å². The van der Waals surface area contributed by atoms with Crippen molar-refractivity contribution in [3.8, 4) is 0 Å². The molecule has 2 aromatic rings. The summed E-state index contributed by atoms with van der Waals surface area (Å²) in [6, 6.07) is 12.3. The lowest BCUT2D eigenvalue weighted by molar-refractivity contribution is -0.114. The lowest BCUT2D eigenvalue weighted by Crippen LogP contribution is -2.31. The third kappa shape index (κ3) is 3.03. The van der Waals surface area contributed by atoms with Gasteiger partial charge < -0.3 is 16.0 Å². The summed E-state index contributed by atoms with van der Waals surface area (Å²) in [6.07, 6.45) is 2.70. The van der Waals surface area contributed by atoms with Crippen LogP contribution in [-0.4, -0.2) is 24.0 Å². The maximum Gasteiger partial charge on any atom is 0.238 e. The van der Waals surface area contributed by atoms with Crippen LogP contribution in [0.1, 0.15) is 11.1 Å². The van der Waals surface area contributed by atoms with E-state index in [0.717, 1.165) is 25.3 Å². The van der Waals surface area contributed by atoms with Crippen LogP contribution >= 0.6 is 0 Å². The van der Waals surface area contributed by atoms with E-state index in [9.17, 15) is 4.79 Å². The molecule has 108 valence electrons. The molecule has 21 heavy (non-hydrogen) atoms. The number of carbonyl (C=O) groups is 1. The van der Waals surface area contributed by atoms with Gasteiger partial charge in [0.05, 0.1) is 18.4 Å². The number of nitrogens with one attached hydrogen (secondary N) is 1. The Morgan fingerprint density at radius 2 is 2.05 bits per heavy atom. The van der Waals surface area contributed by atoms with Crippen LogP contribution in [0, 0.1) is 0 Å². The van der Waals surface area contributed by atoms with Crippen LogP contribution in [-0.2, 0) is 17.8 Å². The van der Waals surface area contributed by atoms with Crippen molar-refractivity contribution in [1.29, 1.82) is 0 Å². The second-order valence-corrected chi connectivity index (χ2v) is 5.10. The second-order valence-electron chi connectivity index (χ2n) is 5.10. The van der Waals surface area contributed by atoms with Crippen molar-refractivity contribution in [2.75, 3.05) is 23.3 Å². The predicted molar refractivity (Wildman–Crippen MR) is 83.1 cm³/mol. The van der Waals surface area contributed by atoms with Gasteiger partial charge in [-0.3, -0.25) is 4.79 Å². The predicted octanol–water partition coefficient (Wildman–Crippen LogP) is 1.54. The standard InChI is InChI=1S/C16H18N4O/c17-9-16(21)19-14-5-6-15(18-10-14)20-8-7-12-3-1-2-4-13(12)11-20/h1-6,10H,7-9,11,17H2,(H,19,21). The number of benzene rings is 1. The van der Waals surface area contributed by atoms with Gasteiger partial charge in [0.2, 0.25) is 5.91 Å². The van der Waals surface area contributed by atoms with Crippen molar-refractivity contribution in [3.63, 3.8) is 0 Å². The maximum absolute atomic E-state index is 11.2. The van der Waals surface area contributed by atoms with Crippen molar-refractivity contribution in [2.24, 2.45) is 5.73 Å². The Hall–Kier alpha value is -2.40. The second kappa shape index (κ2) is 5.93. The first-order chi connectivity index (χ1) is 10.3. The molecule has 5 nitrogen and oxygen atoms in total. The smallest absolute Gasteiger partial charge is 0.238 e. The van der Waals surface area contributed by atoms with Gasteiger partial charge in [-0.15, -0.1) is 0 Å². The minimum absolute atomic E-state index is 0.0232. The minimum atomic E-state index is -0.212. The van der Waals surface area contributed by atoms with Gasteiger partial charge in [0.25, 0.3) is 0 Å². The van der Waals surface area contributed by atoms with E-state index in [4.69, 9.17) is 5.73 Å². The van der Waals surface area contributed by atoms with Crippen LogP contribution in [0.15, 0.2) is 42.6 Å². The monoisotopic (exact) mass is 282 g/mol. The Kier molecular flexibility index (Phi) is 3.83. The largest absolute Gasteiger partial charge is 0.352 e. The molecule has 1 aliphatic heterocycles. The average molecular weight is 282 g/mol. The molecule has 1 aromatic carbocycles. The van der Waals surface area contributed by atoms with Crippen LogP contribution in [0.4, 0.5) is 11.5 Å². The summed E-state index contributed by atoms with van der Waals surface area (Å²) in [7, 11) is 0. The third-order valence-corrected chi connectivity index (χ3v) is 3.67. The van der Waals surface area contributed by atoms with Gasteiger partial charge >= 0.3 is 0 Å². The quantitative estimate of drug-likeness (QED) is 0.896. The summed E-state index contributed by atoms with van der Waals surface area (Å²) in [6.45, 7) is 1.81. The van der Waals surface area contributed by atoms with Crippen LogP contribution in [0.3, 0.4) is 0 Å². The molecule has 3 rings (SSSR count). The number of aromatic nitrogens is 1. The average Bonchev–Trinajstić information content (AvgIpc) is 2.55. The van der Waals surface area contributed by atoms with Crippen molar-refractivity contribution in [3.05, 3.63) is 53.7 Å². The number of fused-ring (bicyclic) bond motifs is 1. The topological polar surface area (TPSA) is 71.2 Å². The summed E-state index contributed by atoms with van der Waals surface area (Å²) in [5.41, 5.74) is 8.71. The Bertz CT molecular complexity index is 639. The molecule has 0 radical (unpaired) electrons. The van der Waals surface area contributed by atoms with Gasteiger partial charge in [-0.25, -0.2) is 4.98 Å². The molecular formula is C16H18N4O. The van der Waals surface area contributed by atoms with Gasteiger partial charge in [0, 0.05) is 13.1 Å². The Balaban J connectivity index is 1.72. The van der Waals surface area contributed by atoms with E-state index in [1.807, 2.05) is 12.1 Å². The van der Waals surface area contributed by atoms with Crippen molar-refractivity contribution < 1.29 is 4.79 Å². The Morgan fingerprint density at radius 1 is 1.24 bits per heavy atom. The normalized spacial score (nSPS) is 13.7. The van der Waals surface area contributed by atoms with E-state index in [1.54, 1.807) is 6.20 Å². The molecule has 2 heterocycles. The van der Waals surface area contributed by atoms with Crippen LogP contribution in [0.25, 0.3) is 0 Å². The first-order valence-electron chi connectivity index (χ1n) is 7.04. The number of hydrogen-bond donors (Lipinski definition) is 2. The molecule has 0 saturated heterocycles. The molecule has 0 aliphatic carbocycles. The first kappa shape index (κ1) is 13.6. The number of anilines is 2. The number of amides is 1.